The molecule has 0 saturated heterocycles. The minimum Gasteiger partial charge on any atom is -0.333 e. The molecule has 0 aliphatic carbocycles. The Kier molecular flexibility index (Phi) is 4.89. The molecule has 2 amide bonds. The Bertz CT molecular complexity index is 933. The van der Waals surface area contributed by atoms with Crippen molar-refractivity contribution in [3.63, 3.8) is 0 Å². The Balaban J connectivity index is 1.35. The molecule has 0 unspecified atom stereocenters. The average molecular weight is 382 g/mol. The second kappa shape index (κ2) is 7.48. The number of carbonyl (C=O) groups is 1. The van der Waals surface area contributed by atoms with E-state index < -0.39 is 0 Å². The molecule has 4 rings (SSSR count). The van der Waals surface area contributed by atoms with Gasteiger partial charge in [0.2, 0.25) is 0 Å². The van der Waals surface area contributed by atoms with Crippen molar-refractivity contribution >= 4 is 22.6 Å². The van der Waals surface area contributed by atoms with E-state index in [2.05, 4.69) is 38.9 Å². The number of benzene rings is 1. The first kappa shape index (κ1) is 17.7. The van der Waals surface area contributed by atoms with Crippen LogP contribution < -0.4 is 10.6 Å². The van der Waals surface area contributed by atoms with Gasteiger partial charge in [-0.15, -0.1) is 0 Å². The molecule has 1 aliphatic rings. The van der Waals surface area contributed by atoms with Gasteiger partial charge >= 0.3 is 6.03 Å². The third-order valence-corrected chi connectivity index (χ3v) is 5.25. The summed E-state index contributed by atoms with van der Waals surface area (Å²) in [6, 6.07) is 11.6. The van der Waals surface area contributed by atoms with Crippen LogP contribution in [0.3, 0.4) is 0 Å². The number of carbonyl (C=O) groups excluding carboxylic acids is 1. The van der Waals surface area contributed by atoms with E-state index in [4.69, 9.17) is 0 Å². The van der Waals surface area contributed by atoms with Crippen molar-refractivity contribution in [3.8, 4) is 11.3 Å². The van der Waals surface area contributed by atoms with Crippen LogP contribution in [-0.4, -0.2) is 31.2 Å². The fourth-order valence-corrected chi connectivity index (χ4v) is 3.76. The van der Waals surface area contributed by atoms with E-state index in [1.54, 1.807) is 0 Å². The highest BCUT2D eigenvalue weighted by Crippen LogP contribution is 2.25. The molecule has 27 heavy (non-hydrogen) atoms. The third kappa shape index (κ3) is 4.00. The number of hydrogen-bond donors (Lipinski definition) is 2. The number of nitrogens with zero attached hydrogens (tertiary/aromatic N) is 4. The number of rotatable bonds is 4. The van der Waals surface area contributed by atoms with Crippen molar-refractivity contribution < 1.29 is 4.79 Å². The van der Waals surface area contributed by atoms with Crippen LogP contribution in [0.4, 0.5) is 9.80 Å². The molecule has 1 atom stereocenters. The van der Waals surface area contributed by atoms with Crippen LogP contribution in [0, 0.1) is 0 Å². The van der Waals surface area contributed by atoms with Crippen LogP contribution >= 0.6 is 11.5 Å². The summed E-state index contributed by atoms with van der Waals surface area (Å²) >= 11 is 1.28. The zero-order valence-corrected chi connectivity index (χ0v) is 16.2. The number of fused-ring (bicyclic) bond motifs is 1. The summed E-state index contributed by atoms with van der Waals surface area (Å²) in [5.74, 6) is 2.18. The van der Waals surface area contributed by atoms with Gasteiger partial charge in [-0.2, -0.15) is 9.47 Å². The Morgan fingerprint density at radius 3 is 2.89 bits per heavy atom. The first-order valence-electron chi connectivity index (χ1n) is 9.12. The maximum atomic E-state index is 12.4. The fraction of sp³-hybridized carbons (Fsp3) is 0.368. The molecule has 0 bridgehead atoms. The van der Waals surface area contributed by atoms with E-state index in [1.165, 1.54) is 11.5 Å². The molecule has 140 valence electrons. The summed E-state index contributed by atoms with van der Waals surface area (Å²) in [6.07, 6.45) is 1.69. The molecule has 1 aromatic carbocycles. The van der Waals surface area contributed by atoms with E-state index in [9.17, 15) is 4.79 Å². The van der Waals surface area contributed by atoms with Gasteiger partial charge < -0.3 is 5.32 Å². The Morgan fingerprint density at radius 2 is 2.11 bits per heavy atom. The third-order valence-electron chi connectivity index (χ3n) is 4.54. The lowest BCUT2D eigenvalue weighted by Crippen LogP contribution is -2.43. The standard InChI is InChI=1S/C19H22N6OS/c1-12(2)18-21-16-9-8-14(11-25(16)23-18)20-19(26)22-17-10-15(24-27-17)13-6-4-3-5-7-13/h3-7,10,12,14H,8-9,11H2,1-2H3,(H2,20,22,26)/t14-/m0/s1. The van der Waals surface area contributed by atoms with Gasteiger partial charge in [0.1, 0.15) is 10.8 Å². The lowest BCUT2D eigenvalue weighted by Gasteiger charge is -2.23. The largest absolute Gasteiger partial charge is 0.333 e. The van der Waals surface area contributed by atoms with E-state index in [-0.39, 0.29) is 12.1 Å². The highest BCUT2D eigenvalue weighted by Gasteiger charge is 2.23. The molecule has 2 aromatic heterocycles. The molecule has 7 nitrogen and oxygen atoms in total. The van der Waals surface area contributed by atoms with Gasteiger partial charge in [-0.1, -0.05) is 44.2 Å². The molecular formula is C19H22N6OS. The zero-order valence-electron chi connectivity index (χ0n) is 15.3. The van der Waals surface area contributed by atoms with Gasteiger partial charge in [-0.25, -0.2) is 14.5 Å². The highest BCUT2D eigenvalue weighted by atomic mass is 32.1. The lowest BCUT2D eigenvalue weighted by molar-refractivity contribution is 0.243. The van der Waals surface area contributed by atoms with Crippen LogP contribution in [0.2, 0.25) is 0 Å². The number of aromatic nitrogens is 4. The molecule has 0 radical (unpaired) electrons. The van der Waals surface area contributed by atoms with Crippen LogP contribution in [0.5, 0.6) is 0 Å². The van der Waals surface area contributed by atoms with Crippen molar-refractivity contribution in [3.05, 3.63) is 48.0 Å². The molecule has 2 N–H and O–H groups in total. The van der Waals surface area contributed by atoms with Crippen molar-refractivity contribution in [2.24, 2.45) is 0 Å². The monoisotopic (exact) mass is 382 g/mol. The fourth-order valence-electron chi connectivity index (χ4n) is 3.10. The number of hydrogen-bond acceptors (Lipinski definition) is 5. The number of urea groups is 1. The molecule has 0 fully saturated rings. The van der Waals surface area contributed by atoms with E-state index in [0.717, 1.165) is 40.7 Å². The zero-order chi connectivity index (χ0) is 18.8. The molecule has 0 saturated carbocycles. The van der Waals surface area contributed by atoms with Gasteiger partial charge in [0.25, 0.3) is 0 Å². The first-order valence-corrected chi connectivity index (χ1v) is 9.89. The molecule has 1 aliphatic heterocycles. The summed E-state index contributed by atoms with van der Waals surface area (Å²) in [5, 5.41) is 11.2. The van der Waals surface area contributed by atoms with Gasteiger partial charge in [0.05, 0.1) is 18.3 Å². The van der Waals surface area contributed by atoms with Crippen molar-refractivity contribution in [2.75, 3.05) is 5.32 Å². The summed E-state index contributed by atoms with van der Waals surface area (Å²) in [5.41, 5.74) is 1.90. The summed E-state index contributed by atoms with van der Waals surface area (Å²) in [7, 11) is 0. The van der Waals surface area contributed by atoms with E-state index in [0.29, 0.717) is 12.5 Å². The van der Waals surface area contributed by atoms with E-state index >= 15 is 0 Å². The molecule has 0 spiro atoms. The molecule has 8 heteroatoms. The smallest absolute Gasteiger partial charge is 0.320 e. The van der Waals surface area contributed by atoms with Crippen molar-refractivity contribution in [1.82, 2.24) is 24.5 Å². The average Bonchev–Trinajstić information content (AvgIpc) is 3.29. The summed E-state index contributed by atoms with van der Waals surface area (Å²) < 4.78 is 6.33. The van der Waals surface area contributed by atoms with Crippen LogP contribution in [-0.2, 0) is 13.0 Å². The number of aryl methyl sites for hydroxylation is 1. The maximum absolute atomic E-state index is 12.4. The minimum absolute atomic E-state index is 0.0423. The second-order valence-electron chi connectivity index (χ2n) is 7.00. The SMILES string of the molecule is CC(C)c1nc2n(n1)C[C@@H](NC(=O)Nc1cc(-c3ccccc3)ns1)CC2. The number of nitrogens with one attached hydrogen (secondary N) is 2. The quantitative estimate of drug-likeness (QED) is 0.721. The van der Waals surface area contributed by atoms with E-state index in [1.807, 2.05) is 41.1 Å². The summed E-state index contributed by atoms with van der Waals surface area (Å²) in [6.45, 7) is 4.83. The number of amides is 2. The van der Waals surface area contributed by atoms with Crippen LogP contribution in [0.15, 0.2) is 36.4 Å². The van der Waals surface area contributed by atoms with Crippen molar-refractivity contribution in [1.29, 1.82) is 0 Å². The highest BCUT2D eigenvalue weighted by molar-refractivity contribution is 7.10. The van der Waals surface area contributed by atoms with Crippen LogP contribution in [0.1, 0.15) is 37.8 Å². The predicted octanol–water partition coefficient (Wildman–Crippen LogP) is 3.66. The number of anilines is 1. The van der Waals surface area contributed by atoms with Gasteiger partial charge in [-0.05, 0) is 18.0 Å². The molecule has 3 aromatic rings. The predicted molar refractivity (Wildman–Crippen MR) is 106 cm³/mol. The topological polar surface area (TPSA) is 84.7 Å². The first-order chi connectivity index (χ1) is 13.1. The Hall–Kier alpha value is -2.74. The Labute approximate surface area is 162 Å². The Morgan fingerprint density at radius 1 is 1.30 bits per heavy atom. The lowest BCUT2D eigenvalue weighted by atomic mass is 10.1. The molecular weight excluding hydrogens is 360 g/mol. The second-order valence-corrected chi connectivity index (χ2v) is 7.80. The summed E-state index contributed by atoms with van der Waals surface area (Å²) in [4.78, 5) is 16.9. The van der Waals surface area contributed by atoms with Crippen molar-refractivity contribution in [2.45, 2.75) is 45.2 Å². The minimum atomic E-state index is -0.212. The normalized spacial score (nSPS) is 16.2. The van der Waals surface area contributed by atoms with Gasteiger partial charge in [0, 0.05) is 24.0 Å². The molecule has 3 heterocycles. The maximum Gasteiger partial charge on any atom is 0.320 e. The van der Waals surface area contributed by atoms with Gasteiger partial charge in [-0.3, -0.25) is 5.32 Å². The van der Waals surface area contributed by atoms with Gasteiger partial charge in [0.15, 0.2) is 5.82 Å². The van der Waals surface area contributed by atoms with Crippen LogP contribution in [0.25, 0.3) is 11.3 Å².